The highest BCUT2D eigenvalue weighted by Gasteiger charge is 2.32. The second-order valence-corrected chi connectivity index (χ2v) is 11.1. The number of aryl methyl sites for hydroxylation is 1. The zero-order valence-electron chi connectivity index (χ0n) is 21.5. The standard InChI is InChI=1S/C26H35N3O6S/c1-6-19(4)27-26(31)20(5)28(15-21-10-8-18(3)9-11-21)25(30)16-29(36(32,33)7-2)22-12-13-23-24(14-22)35-17-34-23/h8-14,19-20H,6-7,15-17H2,1-5H3,(H,27,31)/t19-,20+/m0/s1. The molecule has 1 aliphatic heterocycles. The fourth-order valence-electron chi connectivity index (χ4n) is 3.70. The van der Waals surface area contributed by atoms with Crippen molar-refractivity contribution < 1.29 is 27.5 Å². The van der Waals surface area contributed by atoms with Gasteiger partial charge in [-0.1, -0.05) is 36.8 Å². The Kier molecular flexibility index (Phi) is 8.84. The van der Waals surface area contributed by atoms with Crippen LogP contribution >= 0.6 is 0 Å². The number of benzene rings is 2. The second kappa shape index (κ2) is 11.6. The first-order valence-corrected chi connectivity index (χ1v) is 13.7. The summed E-state index contributed by atoms with van der Waals surface area (Å²) in [6, 6.07) is 11.5. The van der Waals surface area contributed by atoms with E-state index in [4.69, 9.17) is 9.47 Å². The predicted molar refractivity (Wildman–Crippen MR) is 138 cm³/mol. The molecule has 0 spiro atoms. The van der Waals surface area contributed by atoms with Crippen molar-refractivity contribution in [3.8, 4) is 11.5 Å². The lowest BCUT2D eigenvalue weighted by molar-refractivity contribution is -0.139. The van der Waals surface area contributed by atoms with Gasteiger partial charge in [-0.25, -0.2) is 8.42 Å². The van der Waals surface area contributed by atoms with Gasteiger partial charge in [0.2, 0.25) is 28.6 Å². The lowest BCUT2D eigenvalue weighted by Gasteiger charge is -2.32. The van der Waals surface area contributed by atoms with E-state index in [2.05, 4.69) is 5.32 Å². The van der Waals surface area contributed by atoms with Crippen molar-refractivity contribution in [2.24, 2.45) is 0 Å². The zero-order chi connectivity index (χ0) is 26.5. The van der Waals surface area contributed by atoms with Crippen molar-refractivity contribution in [1.82, 2.24) is 10.2 Å². The summed E-state index contributed by atoms with van der Waals surface area (Å²) >= 11 is 0. The predicted octanol–water partition coefficient (Wildman–Crippen LogP) is 3.21. The highest BCUT2D eigenvalue weighted by molar-refractivity contribution is 7.92. The number of nitrogens with one attached hydrogen (secondary N) is 1. The molecule has 0 saturated carbocycles. The van der Waals surface area contributed by atoms with E-state index < -0.39 is 28.5 Å². The third-order valence-corrected chi connectivity index (χ3v) is 8.01. The van der Waals surface area contributed by atoms with Crippen LogP contribution in [0.1, 0.15) is 45.2 Å². The van der Waals surface area contributed by atoms with Crippen molar-refractivity contribution in [1.29, 1.82) is 0 Å². The van der Waals surface area contributed by atoms with Gasteiger partial charge in [0.15, 0.2) is 11.5 Å². The molecule has 1 aliphatic rings. The van der Waals surface area contributed by atoms with Gasteiger partial charge in [0, 0.05) is 18.7 Å². The summed E-state index contributed by atoms with van der Waals surface area (Å²) in [6.07, 6.45) is 0.747. The summed E-state index contributed by atoms with van der Waals surface area (Å²) in [6.45, 7) is 8.75. The third-order valence-electron chi connectivity index (χ3n) is 6.27. The average molecular weight is 518 g/mol. The van der Waals surface area contributed by atoms with E-state index in [1.54, 1.807) is 25.1 Å². The van der Waals surface area contributed by atoms with Crippen molar-refractivity contribution in [2.45, 2.75) is 59.7 Å². The SMILES string of the molecule is CC[C@H](C)NC(=O)[C@@H](C)N(Cc1ccc(C)cc1)C(=O)CN(c1ccc2c(c1)OCO2)S(=O)(=O)CC. The third kappa shape index (κ3) is 6.48. The molecule has 0 saturated heterocycles. The number of ether oxygens (including phenoxy) is 2. The minimum absolute atomic E-state index is 0.0470. The Morgan fingerprint density at radius 2 is 1.69 bits per heavy atom. The van der Waals surface area contributed by atoms with Gasteiger partial charge in [0.05, 0.1) is 11.4 Å². The molecular formula is C26H35N3O6S. The molecule has 9 nitrogen and oxygen atoms in total. The molecule has 2 aromatic carbocycles. The molecule has 3 rings (SSSR count). The normalized spacial score (nSPS) is 14.1. The van der Waals surface area contributed by atoms with Gasteiger partial charge in [-0.15, -0.1) is 0 Å². The number of hydrogen-bond donors (Lipinski definition) is 1. The Morgan fingerprint density at radius 1 is 1.03 bits per heavy atom. The van der Waals surface area contributed by atoms with Crippen LogP contribution in [0.25, 0.3) is 0 Å². The van der Waals surface area contributed by atoms with Crippen LogP contribution in [-0.4, -0.2) is 56.3 Å². The molecule has 0 unspecified atom stereocenters. The second-order valence-electron chi connectivity index (χ2n) is 8.95. The number of hydrogen-bond acceptors (Lipinski definition) is 6. The van der Waals surface area contributed by atoms with Crippen LogP contribution in [0.15, 0.2) is 42.5 Å². The van der Waals surface area contributed by atoms with E-state index in [0.717, 1.165) is 21.9 Å². The molecule has 36 heavy (non-hydrogen) atoms. The van der Waals surface area contributed by atoms with Gasteiger partial charge in [0.1, 0.15) is 12.6 Å². The van der Waals surface area contributed by atoms with E-state index in [1.165, 1.54) is 11.8 Å². The van der Waals surface area contributed by atoms with Crippen molar-refractivity contribution >= 4 is 27.5 Å². The van der Waals surface area contributed by atoms with Crippen LogP contribution in [-0.2, 0) is 26.2 Å². The van der Waals surface area contributed by atoms with E-state index in [9.17, 15) is 18.0 Å². The fourth-order valence-corrected chi connectivity index (χ4v) is 4.75. The summed E-state index contributed by atoms with van der Waals surface area (Å²) in [5, 5.41) is 2.92. The summed E-state index contributed by atoms with van der Waals surface area (Å²) in [5.74, 6) is -0.0596. The monoisotopic (exact) mass is 517 g/mol. The van der Waals surface area contributed by atoms with Gasteiger partial charge in [-0.05, 0) is 51.8 Å². The van der Waals surface area contributed by atoms with Crippen LogP contribution in [0.4, 0.5) is 5.69 Å². The maximum atomic E-state index is 13.7. The number of rotatable bonds is 11. The highest BCUT2D eigenvalue weighted by Crippen LogP contribution is 2.36. The fraction of sp³-hybridized carbons (Fsp3) is 0.462. The molecule has 10 heteroatoms. The number of carbonyl (C=O) groups is 2. The molecule has 0 radical (unpaired) electrons. The van der Waals surface area contributed by atoms with E-state index in [1.807, 2.05) is 45.0 Å². The highest BCUT2D eigenvalue weighted by atomic mass is 32.2. The van der Waals surface area contributed by atoms with Crippen molar-refractivity contribution in [3.63, 3.8) is 0 Å². The lowest BCUT2D eigenvalue weighted by atomic mass is 10.1. The molecule has 196 valence electrons. The van der Waals surface area contributed by atoms with Crippen molar-refractivity contribution in [2.75, 3.05) is 23.4 Å². The first kappa shape index (κ1) is 27.3. The molecule has 2 atom stereocenters. The maximum Gasteiger partial charge on any atom is 0.244 e. The summed E-state index contributed by atoms with van der Waals surface area (Å²) in [7, 11) is -3.82. The maximum absolute atomic E-state index is 13.7. The Balaban J connectivity index is 1.93. The van der Waals surface area contributed by atoms with Gasteiger partial charge in [-0.2, -0.15) is 0 Å². The molecule has 1 N–H and O–H groups in total. The van der Waals surface area contributed by atoms with E-state index in [0.29, 0.717) is 17.2 Å². The molecule has 2 aromatic rings. The summed E-state index contributed by atoms with van der Waals surface area (Å²) < 4.78 is 37.9. The van der Waals surface area contributed by atoms with E-state index >= 15 is 0 Å². The first-order chi connectivity index (χ1) is 17.1. The minimum Gasteiger partial charge on any atom is -0.454 e. The summed E-state index contributed by atoms with van der Waals surface area (Å²) in [5.41, 5.74) is 2.20. The topological polar surface area (TPSA) is 105 Å². The largest absolute Gasteiger partial charge is 0.454 e. The number of sulfonamides is 1. The number of fused-ring (bicyclic) bond motifs is 1. The van der Waals surface area contributed by atoms with E-state index in [-0.39, 0.29) is 31.0 Å². The molecule has 2 amide bonds. The summed E-state index contributed by atoms with van der Waals surface area (Å²) in [4.78, 5) is 28.1. The average Bonchev–Trinajstić information content (AvgIpc) is 3.34. The molecule has 1 heterocycles. The van der Waals surface area contributed by atoms with Gasteiger partial charge in [-0.3, -0.25) is 13.9 Å². The van der Waals surface area contributed by atoms with Gasteiger partial charge < -0.3 is 19.7 Å². The van der Waals surface area contributed by atoms with Crippen LogP contribution in [0.5, 0.6) is 11.5 Å². The minimum atomic E-state index is -3.82. The molecule has 0 bridgehead atoms. The van der Waals surface area contributed by atoms with Crippen LogP contribution in [0, 0.1) is 6.92 Å². The zero-order valence-corrected chi connectivity index (χ0v) is 22.3. The van der Waals surface area contributed by atoms with Crippen LogP contribution < -0.4 is 19.1 Å². The number of nitrogens with zero attached hydrogens (tertiary/aromatic N) is 2. The number of anilines is 1. The number of carbonyl (C=O) groups excluding carboxylic acids is 2. The Hall–Kier alpha value is -3.27. The smallest absolute Gasteiger partial charge is 0.244 e. The van der Waals surface area contributed by atoms with Crippen molar-refractivity contribution in [3.05, 3.63) is 53.6 Å². The van der Waals surface area contributed by atoms with Gasteiger partial charge >= 0.3 is 0 Å². The molecule has 0 aromatic heterocycles. The first-order valence-electron chi connectivity index (χ1n) is 12.1. The van der Waals surface area contributed by atoms with Crippen LogP contribution in [0.3, 0.4) is 0 Å². The molecule has 0 fully saturated rings. The quantitative estimate of drug-likeness (QED) is 0.491. The Labute approximate surface area is 213 Å². The molecular weight excluding hydrogens is 482 g/mol. The van der Waals surface area contributed by atoms with Crippen LogP contribution in [0.2, 0.25) is 0 Å². The number of amides is 2. The van der Waals surface area contributed by atoms with Gasteiger partial charge in [0.25, 0.3) is 0 Å². The Morgan fingerprint density at radius 3 is 2.33 bits per heavy atom. The Bertz CT molecular complexity index is 1180. The molecule has 0 aliphatic carbocycles. The lowest BCUT2D eigenvalue weighted by Crippen LogP contribution is -2.52.